The summed E-state index contributed by atoms with van der Waals surface area (Å²) >= 11 is 1.60. The van der Waals surface area contributed by atoms with Gasteiger partial charge >= 0.3 is 0 Å². The number of benzene rings is 2. The molecule has 0 saturated carbocycles. The number of aromatic nitrogens is 3. The van der Waals surface area contributed by atoms with Crippen molar-refractivity contribution < 1.29 is 18.3 Å². The van der Waals surface area contributed by atoms with Gasteiger partial charge in [-0.15, -0.1) is 11.3 Å². The van der Waals surface area contributed by atoms with Crippen molar-refractivity contribution >= 4 is 17.7 Å². The van der Waals surface area contributed by atoms with E-state index in [0.29, 0.717) is 12.4 Å². The van der Waals surface area contributed by atoms with Crippen molar-refractivity contribution in [1.29, 1.82) is 0 Å². The molecule has 6 rings (SSSR count). The summed E-state index contributed by atoms with van der Waals surface area (Å²) in [6.07, 6.45) is 2.29. The number of rotatable bonds is 4. The van der Waals surface area contributed by atoms with Gasteiger partial charge in [0, 0.05) is 36.1 Å². The van der Waals surface area contributed by atoms with Crippen molar-refractivity contribution in [2.75, 3.05) is 33.3 Å². The molecule has 2 atom stereocenters. The number of hydrogen-bond acceptors (Lipinski definition) is 6. The zero-order valence-corrected chi connectivity index (χ0v) is 20.3. The van der Waals surface area contributed by atoms with Crippen LogP contribution in [0.5, 0.6) is 5.75 Å². The Labute approximate surface area is 210 Å². The summed E-state index contributed by atoms with van der Waals surface area (Å²) in [5, 5.41) is 6.26. The molecular weight excluding hydrogens is 484 g/mol. The molecule has 184 valence electrons. The lowest BCUT2D eigenvalue weighted by Gasteiger charge is -2.38. The van der Waals surface area contributed by atoms with Gasteiger partial charge in [-0.3, -0.25) is 4.79 Å². The Morgan fingerprint density at radius 1 is 1.14 bits per heavy atom. The van der Waals surface area contributed by atoms with E-state index in [0.717, 1.165) is 52.9 Å². The standard InChI is InChI=1S/C26H23F2N5O2S/c1-31-7-8-32(15-34)23(12-31)16-2-5-24-19(10-16)25-18(6-9-36-25)20(13-35-24)26-29-14-30-33(26)22-4-3-17(27)11-21(22)28/h2-6,9-11,14-15,20,23H,7-8,12-13H2,1H3. The van der Waals surface area contributed by atoms with E-state index in [2.05, 4.69) is 28.1 Å². The Kier molecular flexibility index (Phi) is 5.77. The fraction of sp³-hybridized carbons (Fsp3) is 0.269. The second kappa shape index (κ2) is 9.11. The first kappa shape index (κ1) is 22.8. The molecule has 1 saturated heterocycles. The van der Waals surface area contributed by atoms with Crippen LogP contribution in [0.2, 0.25) is 0 Å². The molecule has 2 unspecified atom stereocenters. The summed E-state index contributed by atoms with van der Waals surface area (Å²) in [5.74, 6) is -0.437. The Hall–Kier alpha value is -3.63. The Balaban J connectivity index is 1.41. The van der Waals surface area contributed by atoms with E-state index >= 15 is 0 Å². The number of fused-ring (bicyclic) bond motifs is 3. The van der Waals surface area contributed by atoms with Crippen LogP contribution in [0.3, 0.4) is 0 Å². The van der Waals surface area contributed by atoms with Crippen LogP contribution in [0.15, 0.2) is 54.2 Å². The highest BCUT2D eigenvalue weighted by atomic mass is 32.1. The zero-order valence-electron chi connectivity index (χ0n) is 19.5. The fourth-order valence-corrected chi connectivity index (χ4v) is 6.01. The number of amides is 1. The van der Waals surface area contributed by atoms with E-state index in [1.807, 2.05) is 28.5 Å². The number of piperazine rings is 1. The van der Waals surface area contributed by atoms with Crippen molar-refractivity contribution in [2.24, 2.45) is 0 Å². The smallest absolute Gasteiger partial charge is 0.210 e. The number of thiophene rings is 1. The van der Waals surface area contributed by atoms with Crippen molar-refractivity contribution in [3.63, 3.8) is 0 Å². The van der Waals surface area contributed by atoms with Crippen LogP contribution in [-0.2, 0) is 4.79 Å². The van der Waals surface area contributed by atoms with E-state index in [9.17, 15) is 13.6 Å². The van der Waals surface area contributed by atoms with Crippen LogP contribution in [0.25, 0.3) is 16.1 Å². The largest absolute Gasteiger partial charge is 0.492 e. The zero-order chi connectivity index (χ0) is 24.8. The number of halogens is 2. The molecule has 1 fully saturated rings. The molecule has 0 spiro atoms. The average Bonchev–Trinajstić information content (AvgIpc) is 3.52. The first-order chi connectivity index (χ1) is 17.5. The van der Waals surface area contributed by atoms with Crippen LogP contribution in [0.4, 0.5) is 8.78 Å². The van der Waals surface area contributed by atoms with E-state index < -0.39 is 11.6 Å². The van der Waals surface area contributed by atoms with Crippen molar-refractivity contribution in [3.8, 4) is 21.9 Å². The van der Waals surface area contributed by atoms with Crippen LogP contribution in [-0.4, -0.2) is 64.3 Å². The molecule has 0 bridgehead atoms. The van der Waals surface area contributed by atoms with Gasteiger partial charge in [-0.05, 0) is 53.9 Å². The maximum atomic E-state index is 14.6. The third-order valence-electron chi connectivity index (χ3n) is 6.89. The topological polar surface area (TPSA) is 63.5 Å². The van der Waals surface area contributed by atoms with Crippen LogP contribution in [0, 0.1) is 11.6 Å². The van der Waals surface area contributed by atoms with Crippen molar-refractivity contribution in [2.45, 2.75) is 12.0 Å². The molecule has 4 aromatic rings. The van der Waals surface area contributed by atoms with Gasteiger partial charge in [0.25, 0.3) is 0 Å². The second-order valence-electron chi connectivity index (χ2n) is 9.07. The van der Waals surface area contributed by atoms with Gasteiger partial charge in [-0.2, -0.15) is 5.10 Å². The van der Waals surface area contributed by atoms with Gasteiger partial charge in [-0.25, -0.2) is 18.4 Å². The first-order valence-corrected chi connectivity index (χ1v) is 12.5. The minimum absolute atomic E-state index is 0.0430. The maximum Gasteiger partial charge on any atom is 0.210 e. The molecule has 2 aromatic heterocycles. The molecule has 10 heteroatoms. The summed E-state index contributed by atoms with van der Waals surface area (Å²) in [4.78, 5) is 21.3. The molecule has 2 aliphatic rings. The molecule has 1 amide bonds. The molecule has 0 aliphatic carbocycles. The highest BCUT2D eigenvalue weighted by molar-refractivity contribution is 7.13. The Bertz CT molecular complexity index is 1440. The van der Waals surface area contributed by atoms with Gasteiger partial charge in [0.15, 0.2) is 5.82 Å². The third kappa shape index (κ3) is 3.86. The molecule has 2 aromatic carbocycles. The highest BCUT2D eigenvalue weighted by Crippen LogP contribution is 2.45. The Morgan fingerprint density at radius 2 is 2.03 bits per heavy atom. The quantitative estimate of drug-likeness (QED) is 0.387. The van der Waals surface area contributed by atoms with Gasteiger partial charge in [0.1, 0.15) is 36.0 Å². The average molecular weight is 508 g/mol. The van der Waals surface area contributed by atoms with E-state index in [1.165, 1.54) is 23.1 Å². The third-order valence-corrected chi connectivity index (χ3v) is 7.86. The fourth-order valence-electron chi connectivity index (χ4n) is 5.03. The number of likely N-dealkylation sites (N-methyl/N-ethyl adjacent to an activating group) is 1. The van der Waals surface area contributed by atoms with Crippen molar-refractivity contribution in [3.05, 3.63) is 82.8 Å². The van der Waals surface area contributed by atoms with Gasteiger partial charge in [-0.1, -0.05) is 6.07 Å². The van der Waals surface area contributed by atoms with Crippen LogP contribution < -0.4 is 4.74 Å². The number of hydrogen-bond donors (Lipinski definition) is 0. The van der Waals surface area contributed by atoms with E-state index in [1.54, 1.807) is 11.3 Å². The van der Waals surface area contributed by atoms with Crippen LogP contribution >= 0.6 is 11.3 Å². The molecule has 36 heavy (non-hydrogen) atoms. The minimum atomic E-state index is -0.716. The summed E-state index contributed by atoms with van der Waals surface area (Å²) in [5.41, 5.74) is 3.13. The lowest BCUT2D eigenvalue weighted by molar-refractivity contribution is -0.122. The monoisotopic (exact) mass is 507 g/mol. The predicted molar refractivity (Wildman–Crippen MR) is 131 cm³/mol. The summed E-state index contributed by atoms with van der Waals surface area (Å²) in [6, 6.07) is 11.5. The van der Waals surface area contributed by atoms with Gasteiger partial charge in [0.2, 0.25) is 6.41 Å². The first-order valence-electron chi connectivity index (χ1n) is 11.6. The maximum absolute atomic E-state index is 14.6. The highest BCUT2D eigenvalue weighted by Gasteiger charge is 2.32. The van der Waals surface area contributed by atoms with E-state index in [4.69, 9.17) is 4.74 Å². The summed E-state index contributed by atoms with van der Waals surface area (Å²) in [7, 11) is 2.06. The summed E-state index contributed by atoms with van der Waals surface area (Å²) in [6.45, 7) is 2.56. The second-order valence-corrected chi connectivity index (χ2v) is 9.99. The molecular formula is C26H23F2N5O2S. The lowest BCUT2D eigenvalue weighted by Crippen LogP contribution is -2.46. The number of carbonyl (C=O) groups is 1. The van der Waals surface area contributed by atoms with Gasteiger partial charge in [0.05, 0.1) is 12.0 Å². The SMILES string of the molecule is CN1CCN(C=O)C(c2ccc3c(c2)-c2sccc2C(c2ncnn2-c2ccc(F)cc2F)CO3)C1. The number of ether oxygens (including phenoxy) is 1. The molecule has 0 N–H and O–H groups in total. The lowest BCUT2D eigenvalue weighted by atomic mass is 9.95. The van der Waals surface area contributed by atoms with Crippen LogP contribution in [0.1, 0.15) is 28.9 Å². The van der Waals surface area contributed by atoms with E-state index in [-0.39, 0.29) is 24.3 Å². The minimum Gasteiger partial charge on any atom is -0.492 e. The summed E-state index contributed by atoms with van der Waals surface area (Å²) < 4.78 is 35.8. The molecule has 2 aliphatic heterocycles. The molecule has 4 heterocycles. The normalized spacial score (nSPS) is 19.8. The molecule has 0 radical (unpaired) electrons. The van der Waals surface area contributed by atoms with Gasteiger partial charge < -0.3 is 14.5 Å². The predicted octanol–water partition coefficient (Wildman–Crippen LogP) is 4.24. The number of nitrogens with zero attached hydrogens (tertiary/aromatic N) is 5. The molecule has 7 nitrogen and oxygen atoms in total. The number of carbonyl (C=O) groups excluding carboxylic acids is 1. The Morgan fingerprint density at radius 3 is 2.86 bits per heavy atom. The van der Waals surface area contributed by atoms with Crippen molar-refractivity contribution in [1.82, 2.24) is 24.6 Å².